The molecule has 210 valence electrons. The summed E-state index contributed by atoms with van der Waals surface area (Å²) in [7, 11) is 1.96. The third kappa shape index (κ3) is 14.4. The Morgan fingerprint density at radius 1 is 0.892 bits per heavy atom. The maximum absolute atomic E-state index is 12.1. The normalized spacial score (nSPS) is 9.46. The lowest BCUT2D eigenvalue weighted by atomic mass is 10.0. The van der Waals surface area contributed by atoms with Gasteiger partial charge in [-0.1, -0.05) is 60.5 Å². The number of Topliss-reactive ketones (excluding diaryl/α,β-unsaturated/α-hetero) is 2. The first kappa shape index (κ1) is 36.2. The average molecular weight is 521 g/mol. The number of nitrogens with one attached hydrogen (secondary N) is 1. The molecule has 7 heteroatoms. The molecular formula is C30H49FN2O4. The molecule has 37 heavy (non-hydrogen) atoms. The van der Waals surface area contributed by atoms with Crippen LogP contribution in [0.3, 0.4) is 0 Å². The molecule has 0 aliphatic heterocycles. The molecule has 0 unspecified atom stereocenters. The van der Waals surface area contributed by atoms with Gasteiger partial charge in [0.05, 0.1) is 12.2 Å². The molecule has 0 aromatic heterocycles. The van der Waals surface area contributed by atoms with Gasteiger partial charge in [0, 0.05) is 21.8 Å². The molecule has 0 amide bonds. The second-order valence-corrected chi connectivity index (χ2v) is 8.07. The Labute approximate surface area is 224 Å². The molecule has 0 bridgehead atoms. The fourth-order valence-corrected chi connectivity index (χ4v) is 3.04. The van der Waals surface area contributed by atoms with Crippen molar-refractivity contribution in [2.24, 2.45) is 0 Å². The van der Waals surface area contributed by atoms with Crippen molar-refractivity contribution in [3.8, 4) is 11.5 Å². The van der Waals surface area contributed by atoms with Gasteiger partial charge in [-0.05, 0) is 76.0 Å². The van der Waals surface area contributed by atoms with E-state index in [0.29, 0.717) is 0 Å². The fourth-order valence-electron chi connectivity index (χ4n) is 3.04. The quantitative estimate of drug-likeness (QED) is 0.180. The summed E-state index contributed by atoms with van der Waals surface area (Å²) < 4.78 is 17.8. The Hall–Kier alpha value is -2.93. The summed E-state index contributed by atoms with van der Waals surface area (Å²) in [5.41, 5.74) is 8.60. The van der Waals surface area contributed by atoms with E-state index in [1.165, 1.54) is 43.9 Å². The zero-order valence-corrected chi connectivity index (χ0v) is 24.4. The predicted octanol–water partition coefficient (Wildman–Crippen LogP) is 7.57. The third-order valence-electron chi connectivity index (χ3n) is 5.27. The summed E-state index contributed by atoms with van der Waals surface area (Å²) in [5, 5.41) is 3.11. The second kappa shape index (κ2) is 22.3. The number of aryl methyl sites for hydroxylation is 2. The van der Waals surface area contributed by atoms with Crippen LogP contribution in [0, 0.1) is 0 Å². The largest absolute Gasteiger partial charge is 0.494 e. The van der Waals surface area contributed by atoms with Crippen molar-refractivity contribution in [2.75, 3.05) is 25.9 Å². The molecule has 0 spiro atoms. The molecule has 2 rings (SSSR count). The number of unbranched alkanes of at least 4 members (excludes halogenated alkanes) is 1. The van der Waals surface area contributed by atoms with Crippen LogP contribution < -0.4 is 20.7 Å². The van der Waals surface area contributed by atoms with Gasteiger partial charge in [0.15, 0.2) is 17.3 Å². The molecule has 2 aromatic carbocycles. The molecule has 0 saturated carbocycles. The van der Waals surface area contributed by atoms with E-state index in [0.717, 1.165) is 44.2 Å². The number of ketones is 2. The summed E-state index contributed by atoms with van der Waals surface area (Å²) >= 11 is 0. The van der Waals surface area contributed by atoms with Crippen molar-refractivity contribution in [1.82, 2.24) is 5.32 Å². The number of halogens is 1. The standard InChI is InChI=1S/C14H23NO.C10H10FNO3.C4H10.C2H6/c1-4-12-7-8-14(11-13(12)5-2)16-10-6-9-15-3;1-5(13)7-3-8(6(2)14)10(15-11)4-9(7)12;1-3-4-2;1-2/h7-8,11,15H,4-6,9-10H2,1-3H3;3-4H,12H2,1-2H3;3-4H2,1-2H3;1-2H3. The highest BCUT2D eigenvalue weighted by Crippen LogP contribution is 2.26. The van der Waals surface area contributed by atoms with Gasteiger partial charge in [0.1, 0.15) is 5.75 Å². The van der Waals surface area contributed by atoms with E-state index in [1.807, 2.05) is 20.9 Å². The lowest BCUT2D eigenvalue weighted by Gasteiger charge is -2.10. The van der Waals surface area contributed by atoms with Crippen LogP contribution in [0.1, 0.15) is 106 Å². The van der Waals surface area contributed by atoms with E-state index < -0.39 is 5.78 Å². The minimum absolute atomic E-state index is 0.00287. The minimum Gasteiger partial charge on any atom is -0.494 e. The van der Waals surface area contributed by atoms with E-state index in [9.17, 15) is 14.1 Å². The van der Waals surface area contributed by atoms with E-state index in [-0.39, 0.29) is 28.3 Å². The van der Waals surface area contributed by atoms with Crippen LogP contribution in [0.15, 0.2) is 30.3 Å². The van der Waals surface area contributed by atoms with Gasteiger partial charge in [-0.25, -0.2) is 0 Å². The van der Waals surface area contributed by atoms with Crippen LogP contribution in [0.5, 0.6) is 11.5 Å². The van der Waals surface area contributed by atoms with Gasteiger partial charge in [-0.3, -0.25) is 14.5 Å². The smallest absolute Gasteiger partial charge is 0.184 e. The summed E-state index contributed by atoms with van der Waals surface area (Å²) in [6, 6.07) is 8.80. The Bertz CT molecular complexity index is 915. The van der Waals surface area contributed by atoms with Crippen molar-refractivity contribution in [3.05, 3.63) is 52.6 Å². The average Bonchev–Trinajstić information content (AvgIpc) is 2.91. The molecule has 0 aliphatic carbocycles. The molecule has 0 aliphatic rings. The number of nitrogens with two attached hydrogens (primary N) is 1. The highest BCUT2D eigenvalue weighted by atomic mass is 19.3. The Morgan fingerprint density at radius 3 is 1.89 bits per heavy atom. The van der Waals surface area contributed by atoms with Crippen LogP contribution >= 0.6 is 0 Å². The zero-order valence-electron chi connectivity index (χ0n) is 24.4. The number of carbonyl (C=O) groups is 2. The molecule has 6 nitrogen and oxygen atoms in total. The Kier molecular flexibility index (Phi) is 21.8. The predicted molar refractivity (Wildman–Crippen MR) is 154 cm³/mol. The topological polar surface area (TPSA) is 90.7 Å². The lowest BCUT2D eigenvalue weighted by molar-refractivity contribution is -0.00697. The van der Waals surface area contributed by atoms with Gasteiger partial charge in [0.25, 0.3) is 0 Å². The molecule has 2 aromatic rings. The van der Waals surface area contributed by atoms with Crippen LogP contribution in [-0.2, 0) is 12.8 Å². The first-order chi connectivity index (χ1) is 17.7. The molecule has 0 radical (unpaired) electrons. The number of anilines is 1. The number of ether oxygens (including phenoxy) is 1. The number of carbonyl (C=O) groups excluding carboxylic acids is 2. The van der Waals surface area contributed by atoms with E-state index in [4.69, 9.17) is 10.5 Å². The van der Waals surface area contributed by atoms with Crippen LogP contribution in [0.2, 0.25) is 0 Å². The molecular weight excluding hydrogens is 471 g/mol. The van der Waals surface area contributed by atoms with Crippen LogP contribution in [0.4, 0.5) is 10.2 Å². The Balaban J connectivity index is 0. The van der Waals surface area contributed by atoms with Crippen molar-refractivity contribution in [3.63, 3.8) is 0 Å². The third-order valence-corrected chi connectivity index (χ3v) is 5.27. The van der Waals surface area contributed by atoms with Gasteiger partial charge >= 0.3 is 0 Å². The first-order valence-electron chi connectivity index (χ1n) is 13.3. The fraction of sp³-hybridized carbons (Fsp3) is 0.533. The summed E-state index contributed by atoms with van der Waals surface area (Å²) in [5.74, 6) is 0.0423. The summed E-state index contributed by atoms with van der Waals surface area (Å²) in [6.45, 7) is 17.1. The minimum atomic E-state index is -0.398. The van der Waals surface area contributed by atoms with Crippen LogP contribution in [0.25, 0.3) is 0 Å². The van der Waals surface area contributed by atoms with Gasteiger partial charge in [-0.15, -0.1) is 0 Å². The van der Waals surface area contributed by atoms with Crippen LogP contribution in [-0.4, -0.2) is 31.8 Å². The van der Waals surface area contributed by atoms with E-state index >= 15 is 0 Å². The maximum Gasteiger partial charge on any atom is 0.184 e. The molecule has 0 atom stereocenters. The van der Waals surface area contributed by atoms with E-state index in [2.05, 4.69) is 56.2 Å². The van der Waals surface area contributed by atoms with Gasteiger partial charge in [0.2, 0.25) is 0 Å². The van der Waals surface area contributed by atoms with Gasteiger partial charge < -0.3 is 15.8 Å². The van der Waals surface area contributed by atoms with Crippen molar-refractivity contribution in [1.29, 1.82) is 0 Å². The summed E-state index contributed by atoms with van der Waals surface area (Å²) in [6.07, 6.45) is 5.87. The second-order valence-electron chi connectivity index (χ2n) is 8.07. The molecule has 3 N–H and O–H groups in total. The molecule has 0 saturated heterocycles. The maximum atomic E-state index is 12.1. The monoisotopic (exact) mass is 520 g/mol. The van der Waals surface area contributed by atoms with Crippen molar-refractivity contribution >= 4 is 17.3 Å². The number of hydrogen-bond acceptors (Lipinski definition) is 6. The lowest BCUT2D eigenvalue weighted by Crippen LogP contribution is -2.11. The number of rotatable bonds is 11. The highest BCUT2D eigenvalue weighted by Gasteiger charge is 2.15. The first-order valence-corrected chi connectivity index (χ1v) is 13.3. The van der Waals surface area contributed by atoms with Gasteiger partial charge in [-0.2, -0.15) is 0 Å². The van der Waals surface area contributed by atoms with Crippen molar-refractivity contribution < 1.29 is 23.8 Å². The molecule has 0 heterocycles. The summed E-state index contributed by atoms with van der Waals surface area (Å²) in [4.78, 5) is 25.7. The van der Waals surface area contributed by atoms with E-state index in [1.54, 1.807) is 0 Å². The van der Waals surface area contributed by atoms with Crippen molar-refractivity contribution in [2.45, 2.75) is 87.5 Å². The zero-order chi connectivity index (χ0) is 28.8. The number of hydrogen-bond donors (Lipinski definition) is 2. The highest BCUT2D eigenvalue weighted by molar-refractivity contribution is 6.04. The SMILES string of the molecule is CC.CC(=O)c1cc(C(C)=O)c(OF)cc1N.CCCC.CCc1ccc(OCCCNC)cc1CC. The number of nitrogen functional groups attached to an aromatic ring is 1. The Morgan fingerprint density at radius 2 is 1.46 bits per heavy atom. The molecule has 0 fully saturated rings. The number of benzene rings is 2.